The number of rotatable bonds is 9. The van der Waals surface area contributed by atoms with Crippen LogP contribution in [0.4, 0.5) is 4.79 Å². The van der Waals surface area contributed by atoms with E-state index in [0.29, 0.717) is 11.1 Å². The van der Waals surface area contributed by atoms with Gasteiger partial charge in [-0.2, -0.15) is 0 Å². The van der Waals surface area contributed by atoms with Gasteiger partial charge in [-0.1, -0.05) is 72.8 Å². The molecule has 7 heteroatoms. The van der Waals surface area contributed by atoms with Crippen molar-refractivity contribution in [1.82, 2.24) is 5.32 Å². The van der Waals surface area contributed by atoms with Crippen LogP contribution in [0.3, 0.4) is 0 Å². The molecule has 0 spiro atoms. The van der Waals surface area contributed by atoms with Crippen molar-refractivity contribution in [3.05, 3.63) is 107 Å². The fourth-order valence-corrected chi connectivity index (χ4v) is 3.33. The molecule has 7 nitrogen and oxygen atoms in total. The molecular formula is C29H31NO6. The first-order chi connectivity index (χ1) is 17.2. The van der Waals surface area contributed by atoms with Gasteiger partial charge in [-0.3, -0.25) is 0 Å². The Morgan fingerprint density at radius 2 is 1.31 bits per heavy atom. The normalized spacial score (nSPS) is 11.8. The zero-order valence-electron chi connectivity index (χ0n) is 20.7. The smallest absolute Gasteiger partial charge is 0.408 e. The summed E-state index contributed by atoms with van der Waals surface area (Å²) >= 11 is 0. The van der Waals surface area contributed by atoms with E-state index >= 15 is 0 Å². The van der Waals surface area contributed by atoms with Crippen molar-refractivity contribution in [2.45, 2.75) is 52.0 Å². The number of amides is 1. The highest BCUT2D eigenvalue weighted by molar-refractivity contribution is 5.90. The fraction of sp³-hybridized carbons (Fsp3) is 0.276. The highest BCUT2D eigenvalue weighted by Crippen LogP contribution is 2.15. The van der Waals surface area contributed by atoms with E-state index in [1.165, 1.54) is 0 Å². The molecule has 1 N–H and O–H groups in total. The molecule has 0 heterocycles. The van der Waals surface area contributed by atoms with Crippen LogP contribution in [-0.4, -0.2) is 29.7 Å². The number of nitrogens with one attached hydrogen (secondary N) is 1. The van der Waals surface area contributed by atoms with Crippen LogP contribution < -0.4 is 5.32 Å². The van der Waals surface area contributed by atoms with Crippen LogP contribution >= 0.6 is 0 Å². The monoisotopic (exact) mass is 489 g/mol. The lowest BCUT2D eigenvalue weighted by Gasteiger charge is -2.20. The zero-order chi connectivity index (χ0) is 26.0. The minimum Gasteiger partial charge on any atom is -0.459 e. The summed E-state index contributed by atoms with van der Waals surface area (Å²) in [6, 6.07) is 24.2. The van der Waals surface area contributed by atoms with E-state index in [0.717, 1.165) is 11.1 Å². The van der Waals surface area contributed by atoms with Gasteiger partial charge in [0.25, 0.3) is 0 Å². The summed E-state index contributed by atoms with van der Waals surface area (Å²) < 4.78 is 16.2. The SMILES string of the molecule is CC(C)(C)OC(=O)c1cccc(CC(NC(=O)OCc2ccccc2)C(=O)OCc2ccccc2)c1. The third-order valence-electron chi connectivity index (χ3n) is 5.01. The van der Waals surface area contributed by atoms with Gasteiger partial charge in [-0.25, -0.2) is 14.4 Å². The van der Waals surface area contributed by atoms with Gasteiger partial charge in [0.1, 0.15) is 24.9 Å². The lowest BCUT2D eigenvalue weighted by molar-refractivity contribution is -0.147. The first-order valence-electron chi connectivity index (χ1n) is 11.7. The predicted molar refractivity (Wildman–Crippen MR) is 135 cm³/mol. The molecule has 0 fully saturated rings. The molecule has 3 aromatic carbocycles. The molecule has 0 radical (unpaired) electrons. The van der Waals surface area contributed by atoms with E-state index in [1.807, 2.05) is 60.7 Å². The van der Waals surface area contributed by atoms with Crippen LogP contribution in [0.2, 0.25) is 0 Å². The third kappa shape index (κ3) is 8.91. The summed E-state index contributed by atoms with van der Waals surface area (Å²) in [5.74, 6) is -1.08. The van der Waals surface area contributed by atoms with Crippen molar-refractivity contribution in [2.24, 2.45) is 0 Å². The summed E-state index contributed by atoms with van der Waals surface area (Å²) in [4.78, 5) is 38.0. The molecule has 0 bridgehead atoms. The van der Waals surface area contributed by atoms with Gasteiger partial charge < -0.3 is 19.5 Å². The van der Waals surface area contributed by atoms with Gasteiger partial charge in [0.05, 0.1) is 5.56 Å². The zero-order valence-corrected chi connectivity index (χ0v) is 20.7. The topological polar surface area (TPSA) is 90.9 Å². The molecule has 1 unspecified atom stereocenters. The second kappa shape index (κ2) is 12.5. The Bertz CT molecular complexity index is 1160. The fourth-order valence-electron chi connectivity index (χ4n) is 3.33. The van der Waals surface area contributed by atoms with E-state index in [-0.39, 0.29) is 19.6 Å². The molecule has 36 heavy (non-hydrogen) atoms. The quantitative estimate of drug-likeness (QED) is 0.327. The van der Waals surface area contributed by atoms with E-state index < -0.39 is 29.7 Å². The summed E-state index contributed by atoms with van der Waals surface area (Å²) in [5.41, 5.74) is 2.01. The molecule has 0 aliphatic heterocycles. The highest BCUT2D eigenvalue weighted by atomic mass is 16.6. The lowest BCUT2D eigenvalue weighted by Crippen LogP contribution is -2.43. The Balaban J connectivity index is 1.70. The van der Waals surface area contributed by atoms with Crippen molar-refractivity contribution in [3.63, 3.8) is 0 Å². The predicted octanol–water partition coefficient (Wildman–Crippen LogP) is 5.22. The molecule has 0 saturated carbocycles. The maximum atomic E-state index is 13.0. The van der Waals surface area contributed by atoms with Crippen LogP contribution in [0.25, 0.3) is 0 Å². The first kappa shape index (κ1) is 26.5. The van der Waals surface area contributed by atoms with Crippen molar-refractivity contribution in [3.8, 4) is 0 Å². The second-order valence-electron chi connectivity index (χ2n) is 9.26. The number of carbonyl (C=O) groups excluding carboxylic acids is 3. The van der Waals surface area contributed by atoms with Crippen molar-refractivity contribution < 1.29 is 28.6 Å². The van der Waals surface area contributed by atoms with Crippen molar-refractivity contribution >= 4 is 18.0 Å². The standard InChI is InChI=1S/C29H31NO6/c1-29(2,3)36-26(31)24-16-10-15-23(17-24)18-25(27(32)34-19-21-11-6-4-7-12-21)30-28(33)35-20-22-13-8-5-9-14-22/h4-17,25H,18-20H2,1-3H3,(H,30,33). The van der Waals surface area contributed by atoms with Gasteiger partial charge in [0, 0.05) is 6.42 Å². The third-order valence-corrected chi connectivity index (χ3v) is 5.01. The number of hydrogen-bond donors (Lipinski definition) is 1. The molecule has 188 valence electrons. The Kier molecular flexibility index (Phi) is 9.22. The number of alkyl carbamates (subject to hydrolysis) is 1. The molecular weight excluding hydrogens is 458 g/mol. The summed E-state index contributed by atoms with van der Waals surface area (Å²) in [6.45, 7) is 5.50. The number of benzene rings is 3. The van der Waals surface area contributed by atoms with Gasteiger partial charge in [0.2, 0.25) is 0 Å². The van der Waals surface area contributed by atoms with Gasteiger partial charge in [-0.15, -0.1) is 0 Å². The molecule has 1 atom stereocenters. The molecule has 0 saturated heterocycles. The Morgan fingerprint density at radius 1 is 0.750 bits per heavy atom. The van der Waals surface area contributed by atoms with Gasteiger partial charge in [-0.05, 0) is 49.6 Å². The highest BCUT2D eigenvalue weighted by Gasteiger charge is 2.25. The Hall–Kier alpha value is -4.13. The number of hydrogen-bond acceptors (Lipinski definition) is 6. The van der Waals surface area contributed by atoms with Crippen LogP contribution in [0, 0.1) is 0 Å². The minimum atomic E-state index is -1.02. The maximum absolute atomic E-state index is 13.0. The van der Waals surface area contributed by atoms with E-state index in [2.05, 4.69) is 5.32 Å². The van der Waals surface area contributed by atoms with Crippen LogP contribution in [0.1, 0.15) is 47.8 Å². The minimum absolute atomic E-state index is 0.0621. The van der Waals surface area contributed by atoms with Gasteiger partial charge >= 0.3 is 18.0 Å². The number of ether oxygens (including phenoxy) is 3. The molecule has 3 rings (SSSR count). The van der Waals surface area contributed by atoms with Crippen molar-refractivity contribution in [2.75, 3.05) is 0 Å². The van der Waals surface area contributed by atoms with E-state index in [4.69, 9.17) is 14.2 Å². The van der Waals surface area contributed by atoms with Crippen LogP contribution in [0.5, 0.6) is 0 Å². The second-order valence-corrected chi connectivity index (χ2v) is 9.26. The molecule has 0 aromatic heterocycles. The van der Waals surface area contributed by atoms with Crippen LogP contribution in [0.15, 0.2) is 84.9 Å². The number of carbonyl (C=O) groups is 3. The summed E-state index contributed by atoms with van der Waals surface area (Å²) in [7, 11) is 0. The molecule has 1 amide bonds. The average Bonchev–Trinajstić information content (AvgIpc) is 2.86. The van der Waals surface area contributed by atoms with E-state index in [9.17, 15) is 14.4 Å². The first-order valence-corrected chi connectivity index (χ1v) is 11.7. The maximum Gasteiger partial charge on any atom is 0.408 e. The largest absolute Gasteiger partial charge is 0.459 e. The Labute approximate surface area is 211 Å². The average molecular weight is 490 g/mol. The summed E-state index contributed by atoms with van der Waals surface area (Å²) in [5, 5.41) is 2.61. The molecule has 3 aromatic rings. The lowest BCUT2D eigenvalue weighted by atomic mass is 10.0. The van der Waals surface area contributed by atoms with Gasteiger partial charge in [0.15, 0.2) is 0 Å². The molecule has 0 aliphatic rings. The molecule has 0 aliphatic carbocycles. The van der Waals surface area contributed by atoms with E-state index in [1.54, 1.807) is 45.0 Å². The van der Waals surface area contributed by atoms with Crippen molar-refractivity contribution in [1.29, 1.82) is 0 Å². The summed E-state index contributed by atoms with van der Waals surface area (Å²) in [6.07, 6.45) is -0.645. The number of esters is 2. The Morgan fingerprint density at radius 3 is 1.89 bits per heavy atom. The van der Waals surface area contributed by atoms with Crippen LogP contribution in [-0.2, 0) is 38.6 Å².